The molecule has 0 amide bonds. The number of nitrogens with two attached hydrogens (primary N) is 1. The minimum Gasteiger partial charge on any atom is -0.326 e. The monoisotopic (exact) mass is 329 g/mol. The maximum absolute atomic E-state index is 6.30. The normalized spacial score (nSPS) is 16.6. The molecule has 1 aromatic carbocycles. The summed E-state index contributed by atoms with van der Waals surface area (Å²) in [5.41, 5.74) is 7.64. The second-order valence-corrected chi connectivity index (χ2v) is 7.57. The summed E-state index contributed by atoms with van der Waals surface area (Å²) in [6.45, 7) is 9.00. The van der Waals surface area contributed by atoms with Crippen molar-refractivity contribution in [2.45, 2.75) is 50.7 Å². The number of hydrogen-bond acceptors (Lipinski definition) is 2. The van der Waals surface area contributed by atoms with E-state index in [1.807, 2.05) is 11.8 Å². The van der Waals surface area contributed by atoms with Crippen LogP contribution in [0.25, 0.3) is 0 Å². The van der Waals surface area contributed by atoms with E-state index >= 15 is 0 Å². The molecule has 0 aromatic heterocycles. The van der Waals surface area contributed by atoms with Crippen molar-refractivity contribution in [2.75, 3.05) is 0 Å². The largest absolute Gasteiger partial charge is 0.326 e. The molecule has 0 spiro atoms. The zero-order chi connectivity index (χ0) is 13.7. The predicted octanol–water partition coefficient (Wildman–Crippen LogP) is 5.01. The van der Waals surface area contributed by atoms with Crippen molar-refractivity contribution in [3.63, 3.8) is 0 Å². The van der Waals surface area contributed by atoms with Crippen LogP contribution in [-0.4, -0.2) is 11.3 Å². The Morgan fingerprint density at radius 3 is 2.17 bits per heavy atom. The van der Waals surface area contributed by atoms with Crippen LogP contribution in [0.1, 0.15) is 44.9 Å². The first-order valence-electron chi connectivity index (χ1n) is 6.62. The van der Waals surface area contributed by atoms with Crippen molar-refractivity contribution in [1.29, 1.82) is 0 Å². The summed E-state index contributed by atoms with van der Waals surface area (Å²) in [6, 6.07) is 8.79. The standard InChI is InChI=1S/C15H24BrNS/c1-5-14(17)15(18-11(4)10(2)3)12-6-8-13(16)9-7-12/h6-11,14-15H,5,17H2,1-4H3. The quantitative estimate of drug-likeness (QED) is 0.794. The molecule has 0 bridgehead atoms. The van der Waals surface area contributed by atoms with Crippen LogP contribution in [0.5, 0.6) is 0 Å². The molecule has 3 unspecified atom stereocenters. The Labute approximate surface area is 124 Å². The molecule has 0 heterocycles. The molecular weight excluding hydrogens is 306 g/mol. The summed E-state index contributed by atoms with van der Waals surface area (Å²) in [7, 11) is 0. The lowest BCUT2D eigenvalue weighted by molar-refractivity contribution is 0.609. The van der Waals surface area contributed by atoms with Crippen LogP contribution >= 0.6 is 27.7 Å². The first kappa shape index (κ1) is 16.1. The molecule has 2 N–H and O–H groups in total. The van der Waals surface area contributed by atoms with E-state index in [0.29, 0.717) is 16.4 Å². The molecule has 0 aliphatic carbocycles. The molecule has 0 aliphatic heterocycles. The van der Waals surface area contributed by atoms with Crippen LogP contribution < -0.4 is 5.73 Å². The van der Waals surface area contributed by atoms with Crippen LogP contribution in [0.4, 0.5) is 0 Å². The van der Waals surface area contributed by atoms with Crippen molar-refractivity contribution in [3.05, 3.63) is 34.3 Å². The molecule has 18 heavy (non-hydrogen) atoms. The van der Waals surface area contributed by atoms with Gasteiger partial charge in [0.1, 0.15) is 0 Å². The van der Waals surface area contributed by atoms with Gasteiger partial charge in [-0.2, -0.15) is 0 Å². The summed E-state index contributed by atoms with van der Waals surface area (Å²) in [4.78, 5) is 0. The fraction of sp³-hybridized carbons (Fsp3) is 0.600. The number of benzene rings is 1. The lowest BCUT2D eigenvalue weighted by atomic mass is 10.0. The smallest absolute Gasteiger partial charge is 0.0451 e. The highest BCUT2D eigenvalue weighted by atomic mass is 79.9. The van der Waals surface area contributed by atoms with E-state index in [2.05, 4.69) is 67.9 Å². The van der Waals surface area contributed by atoms with Gasteiger partial charge in [-0.25, -0.2) is 0 Å². The van der Waals surface area contributed by atoms with Crippen molar-refractivity contribution < 1.29 is 0 Å². The molecule has 1 aromatic rings. The van der Waals surface area contributed by atoms with E-state index in [0.717, 1.165) is 10.9 Å². The predicted molar refractivity (Wildman–Crippen MR) is 87.0 cm³/mol. The highest BCUT2D eigenvalue weighted by molar-refractivity contribution is 9.10. The molecule has 102 valence electrons. The number of hydrogen-bond donors (Lipinski definition) is 1. The zero-order valence-corrected chi connectivity index (χ0v) is 14.1. The van der Waals surface area contributed by atoms with Crippen LogP contribution in [0, 0.1) is 5.92 Å². The van der Waals surface area contributed by atoms with Crippen LogP contribution in [-0.2, 0) is 0 Å². The van der Waals surface area contributed by atoms with Gasteiger partial charge in [-0.3, -0.25) is 0 Å². The van der Waals surface area contributed by atoms with Gasteiger partial charge in [0.25, 0.3) is 0 Å². The van der Waals surface area contributed by atoms with E-state index < -0.39 is 0 Å². The molecule has 3 atom stereocenters. The number of thioether (sulfide) groups is 1. The Morgan fingerprint density at radius 1 is 1.17 bits per heavy atom. The summed E-state index contributed by atoms with van der Waals surface area (Å²) in [5, 5.41) is 1.01. The molecular formula is C15H24BrNS. The van der Waals surface area contributed by atoms with Gasteiger partial charge in [0.15, 0.2) is 0 Å². The zero-order valence-electron chi connectivity index (χ0n) is 11.7. The molecule has 0 aliphatic rings. The SMILES string of the molecule is CCC(N)C(SC(C)C(C)C)c1ccc(Br)cc1. The topological polar surface area (TPSA) is 26.0 Å². The number of rotatable bonds is 6. The fourth-order valence-corrected chi connectivity index (χ4v) is 3.43. The van der Waals surface area contributed by atoms with Crippen LogP contribution in [0.15, 0.2) is 28.7 Å². The molecule has 0 radical (unpaired) electrons. The Balaban J connectivity index is 2.87. The highest BCUT2D eigenvalue weighted by Crippen LogP contribution is 2.38. The summed E-state index contributed by atoms with van der Waals surface area (Å²) in [6.07, 6.45) is 1.01. The van der Waals surface area contributed by atoms with Gasteiger partial charge < -0.3 is 5.73 Å². The van der Waals surface area contributed by atoms with Gasteiger partial charge in [-0.15, -0.1) is 11.8 Å². The third-order valence-electron chi connectivity index (χ3n) is 3.36. The van der Waals surface area contributed by atoms with Crippen molar-refractivity contribution in [3.8, 4) is 0 Å². The Kier molecular flexibility index (Phi) is 6.75. The Hall–Kier alpha value is 0.01000. The molecule has 1 nitrogen and oxygen atoms in total. The third-order valence-corrected chi connectivity index (χ3v) is 5.78. The van der Waals surface area contributed by atoms with E-state index in [1.165, 1.54) is 5.56 Å². The van der Waals surface area contributed by atoms with Gasteiger partial charge >= 0.3 is 0 Å². The Bertz CT molecular complexity index is 350. The average Bonchev–Trinajstić information content (AvgIpc) is 2.35. The van der Waals surface area contributed by atoms with Crippen molar-refractivity contribution in [1.82, 2.24) is 0 Å². The van der Waals surface area contributed by atoms with E-state index in [1.54, 1.807) is 0 Å². The maximum Gasteiger partial charge on any atom is 0.0451 e. The molecule has 0 saturated carbocycles. The molecule has 1 rings (SSSR count). The summed E-state index contributed by atoms with van der Waals surface area (Å²) < 4.78 is 1.12. The van der Waals surface area contributed by atoms with E-state index in [4.69, 9.17) is 5.73 Å². The second kappa shape index (κ2) is 7.56. The third kappa shape index (κ3) is 4.60. The van der Waals surface area contributed by atoms with Gasteiger partial charge in [0.2, 0.25) is 0 Å². The first-order chi connectivity index (χ1) is 8.45. The summed E-state index contributed by atoms with van der Waals surface area (Å²) >= 11 is 5.49. The second-order valence-electron chi connectivity index (χ2n) is 5.13. The Morgan fingerprint density at radius 2 is 1.72 bits per heavy atom. The van der Waals surface area contributed by atoms with Gasteiger partial charge in [0, 0.05) is 21.0 Å². The minimum atomic E-state index is 0.220. The van der Waals surface area contributed by atoms with Crippen molar-refractivity contribution in [2.24, 2.45) is 11.7 Å². The van der Waals surface area contributed by atoms with Crippen LogP contribution in [0.2, 0.25) is 0 Å². The minimum absolute atomic E-state index is 0.220. The van der Waals surface area contributed by atoms with Crippen LogP contribution in [0.3, 0.4) is 0 Å². The van der Waals surface area contributed by atoms with E-state index in [-0.39, 0.29) is 6.04 Å². The highest BCUT2D eigenvalue weighted by Gasteiger charge is 2.22. The molecule has 3 heteroatoms. The van der Waals surface area contributed by atoms with E-state index in [9.17, 15) is 0 Å². The fourth-order valence-electron chi connectivity index (χ4n) is 1.68. The van der Waals surface area contributed by atoms with Gasteiger partial charge in [-0.1, -0.05) is 55.8 Å². The lowest BCUT2D eigenvalue weighted by Gasteiger charge is -2.27. The number of halogens is 1. The van der Waals surface area contributed by atoms with Gasteiger partial charge in [-0.05, 0) is 30.0 Å². The maximum atomic E-state index is 6.30. The lowest BCUT2D eigenvalue weighted by Crippen LogP contribution is -2.27. The molecule has 0 fully saturated rings. The summed E-state index contributed by atoms with van der Waals surface area (Å²) in [5.74, 6) is 0.678. The van der Waals surface area contributed by atoms with Crippen molar-refractivity contribution >= 4 is 27.7 Å². The first-order valence-corrected chi connectivity index (χ1v) is 8.35. The van der Waals surface area contributed by atoms with Gasteiger partial charge in [0.05, 0.1) is 0 Å². The molecule has 0 saturated heterocycles. The average molecular weight is 330 g/mol.